The van der Waals surface area contributed by atoms with Gasteiger partial charge in [0.1, 0.15) is 5.75 Å². The maximum Gasteiger partial charge on any atom is 0.230 e. The minimum Gasteiger partial charge on any atom is -0.493 e. The van der Waals surface area contributed by atoms with E-state index in [0.29, 0.717) is 12.5 Å². The lowest BCUT2D eigenvalue weighted by Crippen LogP contribution is -2.33. The van der Waals surface area contributed by atoms with Crippen LogP contribution in [0.5, 0.6) is 5.75 Å². The number of carbonyl (C=O) groups is 1. The number of hydrogen-bond donors (Lipinski definition) is 2. The average Bonchev–Trinajstić information content (AvgIpc) is 2.68. The highest BCUT2D eigenvalue weighted by Gasteiger charge is 2.21. The standard InChI is InChI=1S/C22H29NO3/c1-4-16(2)15-26-20-12-10-19(11-13-20)21(14-24)22(25)23-17(3)18-8-6-5-7-9-18/h5-13,16-17,21,24H,4,14-15H2,1-3H3,(H,23,25)/t16-,17+,21+/m0/s1. The first-order valence-electron chi connectivity index (χ1n) is 9.24. The maximum atomic E-state index is 12.6. The van der Waals surface area contributed by atoms with E-state index in [1.807, 2.05) is 61.5 Å². The van der Waals surface area contributed by atoms with Gasteiger partial charge in [0.25, 0.3) is 0 Å². The highest BCUT2D eigenvalue weighted by Crippen LogP contribution is 2.22. The Morgan fingerprint density at radius 1 is 1.04 bits per heavy atom. The largest absolute Gasteiger partial charge is 0.493 e. The predicted octanol–water partition coefficient (Wildman–Crippen LogP) is 4.06. The van der Waals surface area contributed by atoms with Gasteiger partial charge in [0.2, 0.25) is 5.91 Å². The molecule has 4 nitrogen and oxygen atoms in total. The molecule has 0 saturated heterocycles. The molecule has 4 heteroatoms. The van der Waals surface area contributed by atoms with Gasteiger partial charge in [-0.05, 0) is 36.1 Å². The van der Waals surface area contributed by atoms with Crippen molar-refractivity contribution in [2.24, 2.45) is 5.92 Å². The van der Waals surface area contributed by atoms with Crippen molar-refractivity contribution in [3.63, 3.8) is 0 Å². The zero-order valence-electron chi connectivity index (χ0n) is 15.8. The van der Waals surface area contributed by atoms with Gasteiger partial charge < -0.3 is 15.2 Å². The minimum absolute atomic E-state index is 0.115. The molecule has 0 aliphatic heterocycles. The third kappa shape index (κ3) is 5.60. The summed E-state index contributed by atoms with van der Waals surface area (Å²) in [6, 6.07) is 17.1. The van der Waals surface area contributed by atoms with Gasteiger partial charge in [0, 0.05) is 0 Å². The van der Waals surface area contributed by atoms with E-state index in [4.69, 9.17) is 4.74 Å². The summed E-state index contributed by atoms with van der Waals surface area (Å²) in [4.78, 5) is 12.6. The van der Waals surface area contributed by atoms with Crippen LogP contribution in [0.1, 0.15) is 50.3 Å². The molecule has 0 fully saturated rings. The van der Waals surface area contributed by atoms with E-state index in [-0.39, 0.29) is 18.6 Å². The summed E-state index contributed by atoms with van der Waals surface area (Å²) in [7, 11) is 0. The van der Waals surface area contributed by atoms with Crippen molar-refractivity contribution in [3.05, 3.63) is 65.7 Å². The molecule has 0 aliphatic carbocycles. The molecular formula is C22H29NO3. The third-order valence-electron chi connectivity index (χ3n) is 4.67. The van der Waals surface area contributed by atoms with Crippen LogP contribution in [0.3, 0.4) is 0 Å². The summed E-state index contributed by atoms with van der Waals surface area (Å²) < 4.78 is 5.75. The Labute approximate surface area is 156 Å². The fraction of sp³-hybridized carbons (Fsp3) is 0.409. The van der Waals surface area contributed by atoms with Gasteiger partial charge in [0.15, 0.2) is 0 Å². The molecule has 0 bridgehead atoms. The Balaban J connectivity index is 1.99. The topological polar surface area (TPSA) is 58.6 Å². The highest BCUT2D eigenvalue weighted by molar-refractivity contribution is 5.84. The molecule has 0 aliphatic rings. The fourth-order valence-corrected chi connectivity index (χ4v) is 2.63. The lowest BCUT2D eigenvalue weighted by Gasteiger charge is -2.20. The summed E-state index contributed by atoms with van der Waals surface area (Å²) in [6.45, 7) is 6.66. The zero-order chi connectivity index (χ0) is 18.9. The van der Waals surface area contributed by atoms with Gasteiger partial charge in [-0.2, -0.15) is 0 Å². The van der Waals surface area contributed by atoms with Crippen molar-refractivity contribution in [1.82, 2.24) is 5.32 Å². The summed E-state index contributed by atoms with van der Waals surface area (Å²) in [5.41, 5.74) is 1.81. The van der Waals surface area contributed by atoms with Crippen LogP contribution >= 0.6 is 0 Å². The Hall–Kier alpha value is -2.33. The number of amides is 1. The number of aliphatic hydroxyl groups excluding tert-OH is 1. The van der Waals surface area contributed by atoms with Crippen LogP contribution in [0.2, 0.25) is 0 Å². The molecular weight excluding hydrogens is 326 g/mol. The van der Waals surface area contributed by atoms with Crippen molar-refractivity contribution in [2.45, 2.75) is 39.2 Å². The molecule has 140 valence electrons. The van der Waals surface area contributed by atoms with Gasteiger partial charge in [-0.15, -0.1) is 0 Å². The highest BCUT2D eigenvalue weighted by atomic mass is 16.5. The molecule has 3 atom stereocenters. The average molecular weight is 355 g/mol. The third-order valence-corrected chi connectivity index (χ3v) is 4.67. The van der Waals surface area contributed by atoms with E-state index in [1.54, 1.807) is 0 Å². The molecule has 2 rings (SSSR count). The monoisotopic (exact) mass is 355 g/mol. The number of nitrogens with one attached hydrogen (secondary N) is 1. The molecule has 0 radical (unpaired) electrons. The molecule has 2 aromatic carbocycles. The van der Waals surface area contributed by atoms with Crippen LogP contribution in [0.25, 0.3) is 0 Å². The second-order valence-electron chi connectivity index (χ2n) is 6.77. The number of carbonyl (C=O) groups excluding carboxylic acids is 1. The number of ether oxygens (including phenoxy) is 1. The second-order valence-corrected chi connectivity index (χ2v) is 6.77. The van der Waals surface area contributed by atoms with Crippen LogP contribution in [0, 0.1) is 5.92 Å². The Kier molecular flexibility index (Phi) is 7.67. The smallest absolute Gasteiger partial charge is 0.230 e. The van der Waals surface area contributed by atoms with E-state index in [2.05, 4.69) is 19.2 Å². The van der Waals surface area contributed by atoms with Crippen LogP contribution in [0.15, 0.2) is 54.6 Å². The molecule has 0 unspecified atom stereocenters. The molecule has 26 heavy (non-hydrogen) atoms. The summed E-state index contributed by atoms with van der Waals surface area (Å²) in [5.74, 6) is 0.510. The van der Waals surface area contributed by atoms with Crippen molar-refractivity contribution in [3.8, 4) is 5.75 Å². The molecule has 0 heterocycles. The number of aliphatic hydroxyl groups is 1. The Morgan fingerprint density at radius 3 is 2.27 bits per heavy atom. The maximum absolute atomic E-state index is 12.6. The van der Waals surface area contributed by atoms with Gasteiger partial charge in [-0.1, -0.05) is 62.7 Å². The van der Waals surface area contributed by atoms with E-state index < -0.39 is 5.92 Å². The van der Waals surface area contributed by atoms with Crippen LogP contribution < -0.4 is 10.1 Å². The molecule has 1 amide bonds. The normalized spacial score (nSPS) is 14.3. The number of benzene rings is 2. The lowest BCUT2D eigenvalue weighted by molar-refractivity contribution is -0.124. The van der Waals surface area contributed by atoms with Crippen LogP contribution in [0.4, 0.5) is 0 Å². The Morgan fingerprint density at radius 2 is 1.69 bits per heavy atom. The lowest BCUT2D eigenvalue weighted by atomic mass is 9.98. The summed E-state index contributed by atoms with van der Waals surface area (Å²) >= 11 is 0. The van der Waals surface area contributed by atoms with Crippen molar-refractivity contribution in [2.75, 3.05) is 13.2 Å². The van der Waals surface area contributed by atoms with Crippen LogP contribution in [-0.2, 0) is 4.79 Å². The second kappa shape index (κ2) is 9.97. The first-order chi connectivity index (χ1) is 12.5. The number of rotatable bonds is 9. The van der Waals surface area contributed by atoms with Crippen molar-refractivity contribution in [1.29, 1.82) is 0 Å². The zero-order valence-corrected chi connectivity index (χ0v) is 15.8. The fourth-order valence-electron chi connectivity index (χ4n) is 2.63. The summed E-state index contributed by atoms with van der Waals surface area (Å²) in [5, 5.41) is 12.7. The molecule has 0 aromatic heterocycles. The quantitative estimate of drug-likeness (QED) is 0.713. The summed E-state index contributed by atoms with van der Waals surface area (Å²) in [6.07, 6.45) is 1.07. The molecule has 0 saturated carbocycles. The van der Waals surface area contributed by atoms with Crippen molar-refractivity contribution < 1.29 is 14.6 Å². The van der Waals surface area contributed by atoms with Gasteiger partial charge in [-0.25, -0.2) is 0 Å². The predicted molar refractivity (Wildman–Crippen MR) is 104 cm³/mol. The van der Waals surface area contributed by atoms with E-state index in [9.17, 15) is 9.90 Å². The van der Waals surface area contributed by atoms with E-state index in [0.717, 1.165) is 23.3 Å². The first-order valence-corrected chi connectivity index (χ1v) is 9.24. The van der Waals surface area contributed by atoms with E-state index in [1.165, 1.54) is 0 Å². The first kappa shape index (κ1) is 20.0. The van der Waals surface area contributed by atoms with Gasteiger partial charge in [-0.3, -0.25) is 4.79 Å². The molecule has 2 N–H and O–H groups in total. The van der Waals surface area contributed by atoms with Gasteiger partial charge >= 0.3 is 0 Å². The minimum atomic E-state index is -0.593. The molecule has 2 aromatic rings. The number of hydrogen-bond acceptors (Lipinski definition) is 3. The van der Waals surface area contributed by atoms with Gasteiger partial charge in [0.05, 0.1) is 25.2 Å². The SMILES string of the molecule is CC[C@H](C)COc1ccc([C@@H](CO)C(=O)N[C@H](C)c2ccccc2)cc1. The van der Waals surface area contributed by atoms with E-state index >= 15 is 0 Å². The van der Waals surface area contributed by atoms with Crippen molar-refractivity contribution >= 4 is 5.91 Å². The van der Waals surface area contributed by atoms with Crippen LogP contribution in [-0.4, -0.2) is 24.2 Å². The Bertz CT molecular complexity index is 670. The molecule has 0 spiro atoms.